The molecule has 0 saturated heterocycles. The number of ether oxygens (including phenoxy) is 2. The van der Waals surface area contributed by atoms with Crippen LogP contribution in [0.15, 0.2) is 78.1 Å². The molecule has 3 heterocycles. The van der Waals surface area contributed by atoms with Gasteiger partial charge in [0.1, 0.15) is 34.5 Å². The molecule has 0 aliphatic rings. The number of aromatic amines is 1. The number of fused-ring (bicyclic) bond motifs is 1. The minimum absolute atomic E-state index is 0.0134. The van der Waals surface area contributed by atoms with Crippen molar-refractivity contribution in [2.24, 2.45) is 0 Å². The fourth-order valence-electron chi connectivity index (χ4n) is 3.40. The monoisotopic (exact) mass is 498 g/mol. The maximum Gasteiger partial charge on any atom is 0.220 e. The first-order chi connectivity index (χ1) is 17.4. The highest BCUT2D eigenvalue weighted by Gasteiger charge is 2.16. The van der Waals surface area contributed by atoms with Crippen LogP contribution in [0.5, 0.6) is 23.1 Å². The number of H-pyrrole nitrogens is 1. The summed E-state index contributed by atoms with van der Waals surface area (Å²) in [6.45, 7) is 1.59. The molecule has 0 unspecified atom stereocenters. The van der Waals surface area contributed by atoms with Gasteiger partial charge in [-0.25, -0.2) is 23.4 Å². The number of aromatic nitrogens is 5. The van der Waals surface area contributed by atoms with E-state index in [2.05, 4.69) is 24.9 Å². The number of hydrogen-bond donors (Lipinski definition) is 1. The Morgan fingerprint density at radius 3 is 2.56 bits per heavy atom. The molecule has 3 aromatic heterocycles. The van der Waals surface area contributed by atoms with Gasteiger partial charge in [0, 0.05) is 30.6 Å². The van der Waals surface area contributed by atoms with E-state index in [4.69, 9.17) is 14.7 Å². The molecule has 1 N–H and O–H groups in total. The van der Waals surface area contributed by atoms with Crippen molar-refractivity contribution in [3.05, 3.63) is 78.9 Å². The first-order valence-electron chi connectivity index (χ1n) is 10.8. The highest BCUT2D eigenvalue weighted by molar-refractivity contribution is 7.91. The summed E-state index contributed by atoms with van der Waals surface area (Å²) in [6, 6.07) is 16.4. The van der Waals surface area contributed by atoms with Gasteiger partial charge in [-0.15, -0.1) is 0 Å². The van der Waals surface area contributed by atoms with E-state index >= 15 is 0 Å². The standard InChI is InChI=1S/C25H18N6O4S/c1-2-36(32,33)19-8-6-17(7-9-19)34-18-12-20-24(31-25(30-20)21-15-27-10-11-28-21)22(13-18)35-23-5-3-4-16(14-26)29-23/h3-13,15H,2H2,1H3,(H,30,31). The maximum absolute atomic E-state index is 12.1. The van der Waals surface area contributed by atoms with Gasteiger partial charge in [0.25, 0.3) is 0 Å². The molecule has 10 nitrogen and oxygen atoms in total. The molecule has 0 atom stereocenters. The lowest BCUT2D eigenvalue weighted by Crippen LogP contribution is -2.03. The van der Waals surface area contributed by atoms with E-state index in [1.807, 2.05) is 6.07 Å². The zero-order valence-corrected chi connectivity index (χ0v) is 19.7. The molecule has 178 valence electrons. The van der Waals surface area contributed by atoms with Gasteiger partial charge in [0.05, 0.1) is 22.4 Å². The molecule has 5 rings (SSSR count). The molecule has 0 aliphatic carbocycles. The number of imidazole rings is 1. The first-order valence-corrected chi connectivity index (χ1v) is 12.5. The Kier molecular flexibility index (Phi) is 6.02. The van der Waals surface area contributed by atoms with Gasteiger partial charge in [-0.3, -0.25) is 4.98 Å². The molecule has 0 radical (unpaired) electrons. The van der Waals surface area contributed by atoms with E-state index in [0.717, 1.165) is 0 Å². The first kappa shape index (κ1) is 22.9. The van der Waals surface area contributed by atoms with Crippen molar-refractivity contribution >= 4 is 20.9 Å². The number of nitriles is 1. The summed E-state index contributed by atoms with van der Waals surface area (Å²) in [5.41, 5.74) is 1.85. The number of nitrogens with one attached hydrogen (secondary N) is 1. The minimum Gasteiger partial charge on any atom is -0.457 e. The highest BCUT2D eigenvalue weighted by Crippen LogP contribution is 2.36. The van der Waals surface area contributed by atoms with Crippen LogP contribution >= 0.6 is 0 Å². The Hall–Kier alpha value is -4.82. The van der Waals surface area contributed by atoms with Crippen LogP contribution in [0.1, 0.15) is 12.6 Å². The lowest BCUT2D eigenvalue weighted by Gasteiger charge is -2.10. The molecule has 0 bridgehead atoms. The fourth-order valence-corrected chi connectivity index (χ4v) is 4.29. The van der Waals surface area contributed by atoms with Crippen molar-refractivity contribution < 1.29 is 17.9 Å². The van der Waals surface area contributed by atoms with Gasteiger partial charge in [-0.05, 0) is 30.3 Å². The van der Waals surface area contributed by atoms with Crippen molar-refractivity contribution in [2.45, 2.75) is 11.8 Å². The van der Waals surface area contributed by atoms with Gasteiger partial charge in [-0.1, -0.05) is 13.0 Å². The Morgan fingerprint density at radius 2 is 1.83 bits per heavy atom. The van der Waals surface area contributed by atoms with Gasteiger partial charge < -0.3 is 14.5 Å². The summed E-state index contributed by atoms with van der Waals surface area (Å²) < 4.78 is 36.2. The second-order valence-electron chi connectivity index (χ2n) is 7.55. The van der Waals surface area contributed by atoms with E-state index in [1.165, 1.54) is 12.1 Å². The third-order valence-electron chi connectivity index (χ3n) is 5.18. The summed E-state index contributed by atoms with van der Waals surface area (Å²) in [7, 11) is -3.32. The molecule has 0 saturated carbocycles. The average Bonchev–Trinajstić information content (AvgIpc) is 3.34. The Balaban J connectivity index is 1.55. The number of sulfone groups is 1. The van der Waals surface area contributed by atoms with Crippen molar-refractivity contribution in [3.8, 4) is 40.7 Å². The lowest BCUT2D eigenvalue weighted by atomic mass is 10.2. The summed E-state index contributed by atoms with van der Waals surface area (Å²) >= 11 is 0. The van der Waals surface area contributed by atoms with E-state index < -0.39 is 9.84 Å². The number of nitrogens with zero attached hydrogens (tertiary/aromatic N) is 5. The zero-order chi connectivity index (χ0) is 25.1. The number of benzene rings is 2. The Bertz CT molecular complexity index is 1690. The van der Waals surface area contributed by atoms with Crippen LogP contribution in [-0.2, 0) is 9.84 Å². The van der Waals surface area contributed by atoms with E-state index in [9.17, 15) is 8.42 Å². The molecular formula is C25H18N6O4S. The number of pyridine rings is 1. The van der Waals surface area contributed by atoms with Crippen LogP contribution in [0, 0.1) is 11.3 Å². The van der Waals surface area contributed by atoms with Gasteiger partial charge in [0.15, 0.2) is 21.4 Å². The average molecular weight is 499 g/mol. The summed E-state index contributed by atoms with van der Waals surface area (Å²) in [4.78, 5) is 20.6. The zero-order valence-electron chi connectivity index (χ0n) is 18.9. The molecule has 11 heteroatoms. The SMILES string of the molecule is CCS(=O)(=O)c1ccc(Oc2cc(Oc3cccc(C#N)n3)c3nc(-c4cnccn4)[nH]c3c2)cc1. The second-order valence-corrected chi connectivity index (χ2v) is 9.82. The van der Waals surface area contributed by atoms with Crippen LogP contribution in [0.2, 0.25) is 0 Å². The van der Waals surface area contributed by atoms with Crippen molar-refractivity contribution in [1.82, 2.24) is 24.9 Å². The van der Waals surface area contributed by atoms with Gasteiger partial charge in [0.2, 0.25) is 5.88 Å². The predicted octanol–water partition coefficient (Wildman–Crippen LogP) is 4.66. The molecule has 0 aliphatic heterocycles. The largest absolute Gasteiger partial charge is 0.457 e. The van der Waals surface area contributed by atoms with E-state index in [0.29, 0.717) is 39.8 Å². The van der Waals surface area contributed by atoms with Gasteiger partial charge in [-0.2, -0.15) is 5.26 Å². The summed E-state index contributed by atoms with van der Waals surface area (Å²) in [5.74, 6) is 1.89. The quantitative estimate of drug-likeness (QED) is 0.338. The van der Waals surface area contributed by atoms with Crippen LogP contribution in [0.25, 0.3) is 22.6 Å². The molecule has 0 spiro atoms. The fraction of sp³-hybridized carbons (Fsp3) is 0.0800. The molecular weight excluding hydrogens is 480 g/mol. The van der Waals surface area contributed by atoms with Crippen molar-refractivity contribution in [2.75, 3.05) is 5.75 Å². The lowest BCUT2D eigenvalue weighted by molar-refractivity contribution is 0.452. The van der Waals surface area contributed by atoms with Crippen molar-refractivity contribution in [1.29, 1.82) is 5.26 Å². The molecule has 36 heavy (non-hydrogen) atoms. The van der Waals surface area contributed by atoms with E-state index in [1.54, 1.807) is 68.0 Å². The predicted molar refractivity (Wildman–Crippen MR) is 130 cm³/mol. The topological polar surface area (TPSA) is 144 Å². The number of rotatable bonds is 7. The van der Waals surface area contributed by atoms with Crippen LogP contribution < -0.4 is 9.47 Å². The second kappa shape index (κ2) is 9.44. The Morgan fingerprint density at radius 1 is 1.00 bits per heavy atom. The van der Waals surface area contributed by atoms with E-state index in [-0.39, 0.29) is 22.2 Å². The molecule has 5 aromatic rings. The highest BCUT2D eigenvalue weighted by atomic mass is 32.2. The minimum atomic E-state index is -3.32. The Labute approximate surface area is 206 Å². The van der Waals surface area contributed by atoms with Gasteiger partial charge >= 0.3 is 0 Å². The third-order valence-corrected chi connectivity index (χ3v) is 6.93. The number of hydrogen-bond acceptors (Lipinski definition) is 9. The van der Waals surface area contributed by atoms with Crippen LogP contribution in [0.4, 0.5) is 0 Å². The maximum atomic E-state index is 12.1. The van der Waals surface area contributed by atoms with Crippen LogP contribution in [0.3, 0.4) is 0 Å². The molecule has 2 aromatic carbocycles. The normalized spacial score (nSPS) is 11.2. The molecule has 0 fully saturated rings. The smallest absolute Gasteiger partial charge is 0.220 e. The molecule has 0 amide bonds. The van der Waals surface area contributed by atoms with Crippen LogP contribution in [-0.4, -0.2) is 39.1 Å². The third kappa shape index (κ3) is 4.70. The summed E-state index contributed by atoms with van der Waals surface area (Å²) in [6.07, 6.45) is 4.71. The summed E-state index contributed by atoms with van der Waals surface area (Å²) in [5, 5.41) is 9.17. The van der Waals surface area contributed by atoms with Crippen molar-refractivity contribution in [3.63, 3.8) is 0 Å².